The third kappa shape index (κ3) is 6.72. The standard InChI is InChI=1S/C26H41N7O2/c1-19(34)29-17-26(2,3)18-32(4)24-21-9-7-5-6-8-10-22(21)30-25(31-24)27-12-11-20-15-28-23-16-35-14-13-33(20)23/h15H,5-14,16-18H2,1-4H3,(H,29,34)(H,27,30,31). The second-order valence-electron chi connectivity index (χ2n) is 10.7. The number of carbonyl (C=O) groups is 1. The number of hydrogen-bond acceptors (Lipinski definition) is 7. The molecule has 0 aromatic carbocycles. The number of fused-ring (bicyclic) bond motifs is 2. The lowest BCUT2D eigenvalue weighted by Crippen LogP contribution is -2.41. The van der Waals surface area contributed by atoms with Gasteiger partial charge in [-0.1, -0.05) is 26.7 Å². The predicted molar refractivity (Wildman–Crippen MR) is 138 cm³/mol. The van der Waals surface area contributed by atoms with E-state index in [2.05, 4.69) is 46.0 Å². The van der Waals surface area contributed by atoms with Crippen LogP contribution in [0.4, 0.5) is 11.8 Å². The van der Waals surface area contributed by atoms with E-state index in [0.29, 0.717) is 19.1 Å². The lowest BCUT2D eigenvalue weighted by molar-refractivity contribution is -0.119. The highest BCUT2D eigenvalue weighted by atomic mass is 16.5. The number of imidazole rings is 1. The third-order valence-electron chi connectivity index (χ3n) is 6.88. The van der Waals surface area contributed by atoms with Crippen molar-refractivity contribution in [3.05, 3.63) is 29.0 Å². The van der Waals surface area contributed by atoms with E-state index in [0.717, 1.165) is 57.1 Å². The Morgan fingerprint density at radius 2 is 2.00 bits per heavy atom. The number of hydrogen-bond donors (Lipinski definition) is 2. The molecule has 9 nitrogen and oxygen atoms in total. The van der Waals surface area contributed by atoms with Crippen LogP contribution in [0.3, 0.4) is 0 Å². The molecule has 2 aromatic rings. The van der Waals surface area contributed by atoms with Crippen molar-refractivity contribution < 1.29 is 9.53 Å². The summed E-state index contributed by atoms with van der Waals surface area (Å²) in [6.45, 7) is 10.3. The van der Waals surface area contributed by atoms with Gasteiger partial charge in [-0.2, -0.15) is 4.98 Å². The van der Waals surface area contributed by atoms with Crippen LogP contribution in [0.2, 0.25) is 0 Å². The first-order chi connectivity index (χ1) is 16.8. The smallest absolute Gasteiger partial charge is 0.224 e. The molecule has 35 heavy (non-hydrogen) atoms. The van der Waals surface area contributed by atoms with E-state index in [-0.39, 0.29) is 11.3 Å². The van der Waals surface area contributed by atoms with Gasteiger partial charge >= 0.3 is 0 Å². The molecule has 0 atom stereocenters. The molecule has 2 N–H and O–H groups in total. The van der Waals surface area contributed by atoms with Crippen molar-refractivity contribution >= 4 is 17.7 Å². The van der Waals surface area contributed by atoms with E-state index in [9.17, 15) is 4.79 Å². The summed E-state index contributed by atoms with van der Waals surface area (Å²) >= 11 is 0. The Balaban J connectivity index is 1.50. The quantitative estimate of drug-likeness (QED) is 0.566. The van der Waals surface area contributed by atoms with Gasteiger partial charge in [0, 0.05) is 64.0 Å². The van der Waals surface area contributed by atoms with Gasteiger partial charge in [-0.3, -0.25) is 4.79 Å². The van der Waals surface area contributed by atoms with Crippen LogP contribution in [0.1, 0.15) is 69.2 Å². The topological polar surface area (TPSA) is 97.2 Å². The van der Waals surface area contributed by atoms with Crippen LogP contribution in [0, 0.1) is 5.41 Å². The van der Waals surface area contributed by atoms with Gasteiger partial charge in [-0.25, -0.2) is 9.97 Å². The number of rotatable bonds is 9. The summed E-state index contributed by atoms with van der Waals surface area (Å²) in [6.07, 6.45) is 9.71. The number of amides is 1. The molecule has 0 saturated carbocycles. The third-order valence-corrected chi connectivity index (χ3v) is 6.88. The SMILES string of the molecule is CC(=O)NCC(C)(C)CN(C)c1nc(NCCc2cnc3n2CCOC3)nc2c1CCCCCC2. The minimum atomic E-state index is -0.0850. The molecule has 1 aliphatic heterocycles. The second-order valence-corrected chi connectivity index (χ2v) is 10.7. The Morgan fingerprint density at radius 3 is 2.80 bits per heavy atom. The van der Waals surface area contributed by atoms with Crippen molar-refractivity contribution in [2.45, 2.75) is 78.9 Å². The summed E-state index contributed by atoms with van der Waals surface area (Å²) < 4.78 is 7.77. The van der Waals surface area contributed by atoms with Crippen molar-refractivity contribution in [1.29, 1.82) is 0 Å². The highest BCUT2D eigenvalue weighted by molar-refractivity contribution is 5.72. The maximum Gasteiger partial charge on any atom is 0.224 e. The van der Waals surface area contributed by atoms with Gasteiger partial charge in [0.05, 0.1) is 12.3 Å². The normalized spacial score (nSPS) is 16.0. The van der Waals surface area contributed by atoms with Crippen molar-refractivity contribution in [3.8, 4) is 0 Å². The maximum atomic E-state index is 11.5. The van der Waals surface area contributed by atoms with Crippen LogP contribution in [0.5, 0.6) is 0 Å². The van der Waals surface area contributed by atoms with Crippen molar-refractivity contribution in [3.63, 3.8) is 0 Å². The van der Waals surface area contributed by atoms with Gasteiger partial charge in [-0.05, 0) is 31.1 Å². The van der Waals surface area contributed by atoms with Crippen molar-refractivity contribution in [2.24, 2.45) is 5.41 Å². The zero-order valence-electron chi connectivity index (χ0n) is 21.8. The van der Waals surface area contributed by atoms with Crippen LogP contribution in [0.15, 0.2) is 6.20 Å². The molecule has 0 bridgehead atoms. The summed E-state index contributed by atoms with van der Waals surface area (Å²) in [5, 5.41) is 6.47. The van der Waals surface area contributed by atoms with E-state index in [1.165, 1.54) is 42.6 Å². The Labute approximate surface area is 209 Å². The molecule has 1 aliphatic carbocycles. The zero-order chi connectivity index (χ0) is 24.8. The van der Waals surface area contributed by atoms with Gasteiger partial charge in [0.1, 0.15) is 18.2 Å². The van der Waals surface area contributed by atoms with Crippen molar-refractivity contribution in [1.82, 2.24) is 24.8 Å². The minimum absolute atomic E-state index is 0.00587. The molecule has 0 saturated heterocycles. The molecule has 0 unspecified atom stereocenters. The Kier molecular flexibility index (Phi) is 8.26. The van der Waals surface area contributed by atoms with Gasteiger partial charge in [0.15, 0.2) is 0 Å². The minimum Gasteiger partial charge on any atom is -0.372 e. The Bertz CT molecular complexity index is 1020. The average molecular weight is 484 g/mol. The van der Waals surface area contributed by atoms with E-state index in [1.54, 1.807) is 6.92 Å². The monoisotopic (exact) mass is 483 g/mol. The van der Waals surface area contributed by atoms with E-state index < -0.39 is 0 Å². The van der Waals surface area contributed by atoms with E-state index in [1.807, 2.05) is 6.20 Å². The van der Waals surface area contributed by atoms with Crippen LogP contribution < -0.4 is 15.5 Å². The molecule has 3 heterocycles. The first kappa shape index (κ1) is 25.4. The van der Waals surface area contributed by atoms with Crippen molar-refractivity contribution in [2.75, 3.05) is 43.5 Å². The average Bonchev–Trinajstić information content (AvgIpc) is 3.21. The summed E-state index contributed by atoms with van der Waals surface area (Å²) in [5.41, 5.74) is 3.61. The van der Waals surface area contributed by atoms with E-state index >= 15 is 0 Å². The molecule has 0 spiro atoms. The number of anilines is 2. The van der Waals surface area contributed by atoms with E-state index in [4.69, 9.17) is 14.7 Å². The maximum absolute atomic E-state index is 11.5. The number of aryl methyl sites for hydroxylation is 1. The number of carbonyl (C=O) groups excluding carboxylic acids is 1. The molecule has 2 aliphatic rings. The molecule has 4 rings (SSSR count). The van der Waals surface area contributed by atoms with Gasteiger partial charge in [-0.15, -0.1) is 0 Å². The number of nitrogens with zero attached hydrogens (tertiary/aromatic N) is 5. The fourth-order valence-electron chi connectivity index (χ4n) is 5.12. The number of aromatic nitrogens is 4. The number of ether oxygens (including phenoxy) is 1. The first-order valence-electron chi connectivity index (χ1n) is 13.0. The van der Waals surface area contributed by atoms with Crippen LogP contribution in [-0.4, -0.2) is 58.7 Å². The molecule has 0 fully saturated rings. The molecule has 2 aromatic heterocycles. The molecule has 9 heteroatoms. The fourth-order valence-corrected chi connectivity index (χ4v) is 5.12. The summed E-state index contributed by atoms with van der Waals surface area (Å²) in [6, 6.07) is 0. The van der Waals surface area contributed by atoms with Gasteiger partial charge in [0.25, 0.3) is 0 Å². The lowest BCUT2D eigenvalue weighted by atomic mass is 9.92. The highest BCUT2D eigenvalue weighted by Gasteiger charge is 2.25. The fraction of sp³-hybridized carbons (Fsp3) is 0.692. The Hall–Kier alpha value is -2.68. The molecule has 1 amide bonds. The zero-order valence-corrected chi connectivity index (χ0v) is 21.8. The lowest BCUT2D eigenvalue weighted by Gasteiger charge is -2.33. The second kappa shape index (κ2) is 11.4. The summed E-state index contributed by atoms with van der Waals surface area (Å²) in [7, 11) is 2.11. The predicted octanol–water partition coefficient (Wildman–Crippen LogP) is 3.12. The summed E-state index contributed by atoms with van der Waals surface area (Å²) in [4.78, 5) is 28.2. The molecular formula is C26H41N7O2. The Morgan fingerprint density at radius 1 is 1.20 bits per heavy atom. The summed E-state index contributed by atoms with van der Waals surface area (Å²) in [5.74, 6) is 2.74. The van der Waals surface area contributed by atoms with Crippen LogP contribution in [-0.2, 0) is 41.9 Å². The first-order valence-corrected chi connectivity index (χ1v) is 13.0. The van der Waals surface area contributed by atoms with Gasteiger partial charge < -0.3 is 24.8 Å². The largest absolute Gasteiger partial charge is 0.372 e. The van der Waals surface area contributed by atoms with Crippen LogP contribution >= 0.6 is 0 Å². The molecular weight excluding hydrogens is 442 g/mol. The highest BCUT2D eigenvalue weighted by Crippen LogP contribution is 2.29. The number of nitrogens with one attached hydrogen (secondary N) is 2. The van der Waals surface area contributed by atoms with Gasteiger partial charge in [0.2, 0.25) is 11.9 Å². The van der Waals surface area contributed by atoms with Crippen LogP contribution in [0.25, 0.3) is 0 Å². The molecule has 0 radical (unpaired) electrons. The molecule has 192 valence electrons.